The third-order valence-electron chi connectivity index (χ3n) is 3.57. The highest BCUT2D eigenvalue weighted by molar-refractivity contribution is 6.17. The molecule has 1 aromatic rings. The van der Waals surface area contributed by atoms with Gasteiger partial charge in [0.05, 0.1) is 7.11 Å². The average Bonchev–Trinajstić information content (AvgIpc) is 3.11. The van der Waals surface area contributed by atoms with E-state index in [1.165, 1.54) is 18.4 Å². The van der Waals surface area contributed by atoms with Gasteiger partial charge in [0, 0.05) is 19.0 Å². The van der Waals surface area contributed by atoms with E-state index in [0.29, 0.717) is 5.41 Å². The van der Waals surface area contributed by atoms with Crippen molar-refractivity contribution in [3.63, 3.8) is 0 Å². The quantitative estimate of drug-likeness (QED) is 0.754. The summed E-state index contributed by atoms with van der Waals surface area (Å²) >= 11 is 5.81. The Hall–Kier alpha value is -0.730. The monoisotopic (exact) mass is 253 g/mol. The number of halogens is 1. The first kappa shape index (κ1) is 12.7. The molecule has 0 amide bonds. The topological polar surface area (TPSA) is 21.3 Å². The Morgan fingerprint density at radius 1 is 1.29 bits per heavy atom. The third-order valence-corrected chi connectivity index (χ3v) is 3.76. The molecule has 17 heavy (non-hydrogen) atoms. The van der Waals surface area contributed by atoms with Crippen molar-refractivity contribution in [1.82, 2.24) is 5.32 Å². The molecule has 94 valence electrons. The van der Waals surface area contributed by atoms with Gasteiger partial charge in [-0.3, -0.25) is 0 Å². The average molecular weight is 254 g/mol. The third kappa shape index (κ3) is 3.62. The van der Waals surface area contributed by atoms with E-state index in [1.54, 1.807) is 7.11 Å². The van der Waals surface area contributed by atoms with Gasteiger partial charge >= 0.3 is 0 Å². The fraction of sp³-hybridized carbons (Fsp3) is 0.571. The van der Waals surface area contributed by atoms with E-state index in [-0.39, 0.29) is 0 Å². The first-order valence-electron chi connectivity index (χ1n) is 6.18. The summed E-state index contributed by atoms with van der Waals surface area (Å²) in [6, 6.07) is 8.21. The first-order valence-corrected chi connectivity index (χ1v) is 6.71. The smallest absolute Gasteiger partial charge is 0.118 e. The maximum absolute atomic E-state index is 5.81. The van der Waals surface area contributed by atoms with Gasteiger partial charge in [0.2, 0.25) is 0 Å². The van der Waals surface area contributed by atoms with Gasteiger partial charge in [0.25, 0.3) is 0 Å². The molecule has 0 aromatic heterocycles. The Morgan fingerprint density at radius 2 is 2.00 bits per heavy atom. The van der Waals surface area contributed by atoms with Crippen molar-refractivity contribution in [2.24, 2.45) is 5.41 Å². The van der Waals surface area contributed by atoms with Crippen molar-refractivity contribution in [3.05, 3.63) is 29.8 Å². The summed E-state index contributed by atoms with van der Waals surface area (Å²) in [7, 11) is 1.69. The Morgan fingerprint density at radius 3 is 2.53 bits per heavy atom. The molecular formula is C14H20ClNO. The highest BCUT2D eigenvalue weighted by atomic mass is 35.5. The summed E-state index contributed by atoms with van der Waals surface area (Å²) < 4.78 is 5.13. The number of benzene rings is 1. The molecule has 3 heteroatoms. The zero-order valence-corrected chi connectivity index (χ0v) is 11.1. The number of hydrogen-bond acceptors (Lipinski definition) is 2. The minimum atomic E-state index is 0.508. The largest absolute Gasteiger partial charge is 0.497 e. The Kier molecular flexibility index (Phi) is 4.30. The van der Waals surface area contributed by atoms with E-state index < -0.39 is 0 Å². The first-order chi connectivity index (χ1) is 8.28. The molecule has 1 saturated carbocycles. The minimum absolute atomic E-state index is 0.508. The summed E-state index contributed by atoms with van der Waals surface area (Å²) in [5.41, 5.74) is 1.81. The van der Waals surface area contributed by atoms with Crippen molar-refractivity contribution >= 4 is 11.6 Å². The van der Waals surface area contributed by atoms with Gasteiger partial charge in [-0.1, -0.05) is 12.1 Å². The van der Waals surface area contributed by atoms with Crippen molar-refractivity contribution in [1.29, 1.82) is 0 Å². The Balaban J connectivity index is 1.74. The number of rotatable bonds is 7. The highest BCUT2D eigenvalue weighted by Crippen LogP contribution is 2.48. The molecule has 2 nitrogen and oxygen atoms in total. The molecule has 1 fully saturated rings. The van der Waals surface area contributed by atoms with Crippen LogP contribution in [0.1, 0.15) is 24.8 Å². The molecule has 1 aromatic carbocycles. The molecule has 1 aliphatic rings. The minimum Gasteiger partial charge on any atom is -0.497 e. The molecule has 2 rings (SSSR count). The second-order valence-corrected chi connectivity index (χ2v) is 5.27. The molecule has 0 heterocycles. The van der Waals surface area contributed by atoms with E-state index >= 15 is 0 Å². The predicted octanol–water partition coefficient (Wildman–Crippen LogP) is 3.19. The number of nitrogens with one attached hydrogen (secondary N) is 1. The van der Waals surface area contributed by atoms with Gasteiger partial charge in [0.15, 0.2) is 0 Å². The van der Waals surface area contributed by atoms with Crippen LogP contribution in [-0.2, 0) is 6.54 Å². The molecule has 1 N–H and O–H groups in total. The van der Waals surface area contributed by atoms with Crippen molar-refractivity contribution in [2.45, 2.75) is 25.8 Å². The van der Waals surface area contributed by atoms with Gasteiger partial charge in [0.1, 0.15) is 5.75 Å². The molecule has 0 unspecified atom stereocenters. The van der Waals surface area contributed by atoms with Crippen LogP contribution in [-0.4, -0.2) is 19.5 Å². The Bertz CT molecular complexity index is 346. The lowest BCUT2D eigenvalue weighted by atomic mass is 10.0. The molecule has 1 aliphatic carbocycles. The van der Waals surface area contributed by atoms with E-state index in [4.69, 9.17) is 16.3 Å². The SMILES string of the molecule is COc1ccc(CNCC2(CCCl)CC2)cc1. The van der Waals surface area contributed by atoms with Crippen LogP contribution in [0.5, 0.6) is 5.75 Å². The lowest BCUT2D eigenvalue weighted by Crippen LogP contribution is -2.23. The summed E-state index contributed by atoms with van der Waals surface area (Å²) in [5, 5.41) is 3.53. The summed E-state index contributed by atoms with van der Waals surface area (Å²) in [5.74, 6) is 1.69. The molecule has 0 spiro atoms. The summed E-state index contributed by atoms with van der Waals surface area (Å²) in [4.78, 5) is 0. The lowest BCUT2D eigenvalue weighted by molar-refractivity contribution is 0.414. The fourth-order valence-corrected chi connectivity index (χ4v) is 2.51. The van der Waals surface area contributed by atoms with Crippen LogP contribution in [0.15, 0.2) is 24.3 Å². The standard InChI is InChI=1S/C14H20ClNO/c1-17-13-4-2-12(3-5-13)10-16-11-14(6-7-14)8-9-15/h2-5,16H,6-11H2,1H3. The number of ether oxygens (including phenoxy) is 1. The number of hydrogen-bond donors (Lipinski definition) is 1. The second kappa shape index (κ2) is 5.74. The summed E-state index contributed by atoms with van der Waals surface area (Å²) in [6.07, 6.45) is 3.80. The van der Waals surface area contributed by atoms with Crippen LogP contribution in [0.2, 0.25) is 0 Å². The molecule has 0 atom stereocenters. The van der Waals surface area contributed by atoms with Gasteiger partial charge in [-0.05, 0) is 42.4 Å². The number of methoxy groups -OCH3 is 1. The van der Waals surface area contributed by atoms with E-state index in [2.05, 4.69) is 17.4 Å². The maximum Gasteiger partial charge on any atom is 0.118 e. The van der Waals surface area contributed by atoms with Crippen molar-refractivity contribution in [2.75, 3.05) is 19.5 Å². The Labute approximate surface area is 108 Å². The predicted molar refractivity (Wildman–Crippen MR) is 71.7 cm³/mol. The second-order valence-electron chi connectivity index (χ2n) is 4.89. The highest BCUT2D eigenvalue weighted by Gasteiger charge is 2.40. The van der Waals surface area contributed by atoms with E-state index in [0.717, 1.165) is 31.1 Å². The molecule has 0 radical (unpaired) electrons. The molecule has 0 aliphatic heterocycles. The van der Waals surface area contributed by atoms with Gasteiger partial charge < -0.3 is 10.1 Å². The molecule has 0 saturated heterocycles. The van der Waals surface area contributed by atoms with Gasteiger partial charge in [-0.15, -0.1) is 11.6 Å². The van der Waals surface area contributed by atoms with Crippen LogP contribution < -0.4 is 10.1 Å². The van der Waals surface area contributed by atoms with Crippen LogP contribution in [0.25, 0.3) is 0 Å². The zero-order chi connectivity index (χ0) is 12.1. The van der Waals surface area contributed by atoms with Crippen LogP contribution >= 0.6 is 11.6 Å². The number of alkyl halides is 1. The summed E-state index contributed by atoms with van der Waals surface area (Å²) in [6.45, 7) is 2.01. The maximum atomic E-state index is 5.81. The van der Waals surface area contributed by atoms with Crippen molar-refractivity contribution < 1.29 is 4.74 Å². The fourth-order valence-electron chi connectivity index (χ4n) is 2.11. The van der Waals surface area contributed by atoms with E-state index in [1.807, 2.05) is 12.1 Å². The zero-order valence-electron chi connectivity index (χ0n) is 10.3. The van der Waals surface area contributed by atoms with E-state index in [9.17, 15) is 0 Å². The molecule has 0 bridgehead atoms. The van der Waals surface area contributed by atoms with Crippen LogP contribution in [0.3, 0.4) is 0 Å². The lowest BCUT2D eigenvalue weighted by Gasteiger charge is -2.14. The van der Waals surface area contributed by atoms with Crippen LogP contribution in [0.4, 0.5) is 0 Å². The van der Waals surface area contributed by atoms with Gasteiger partial charge in [-0.25, -0.2) is 0 Å². The van der Waals surface area contributed by atoms with Crippen LogP contribution in [0, 0.1) is 5.41 Å². The normalized spacial score (nSPS) is 16.8. The van der Waals surface area contributed by atoms with Gasteiger partial charge in [-0.2, -0.15) is 0 Å². The van der Waals surface area contributed by atoms with Crippen molar-refractivity contribution in [3.8, 4) is 5.75 Å². The molecular weight excluding hydrogens is 234 g/mol.